The fourth-order valence-electron chi connectivity index (χ4n) is 3.94. The van der Waals surface area contributed by atoms with Gasteiger partial charge in [0.15, 0.2) is 0 Å². The number of hydrogen-bond acceptors (Lipinski definition) is 5. The maximum atomic E-state index is 14.5. The van der Waals surface area contributed by atoms with Crippen LogP contribution in [0.2, 0.25) is 0 Å². The average Bonchev–Trinajstić information content (AvgIpc) is 3.46. The molecule has 0 spiro atoms. The molecule has 2 aromatic heterocycles. The highest BCUT2D eigenvalue weighted by molar-refractivity contribution is 5.95. The van der Waals surface area contributed by atoms with E-state index in [1.165, 1.54) is 6.07 Å². The molecule has 0 bridgehead atoms. The number of halogens is 1. The third-order valence-corrected chi connectivity index (χ3v) is 5.87. The molecule has 1 atom stereocenters. The number of carbonyl (C=O) groups is 1. The van der Waals surface area contributed by atoms with Gasteiger partial charge in [0.05, 0.1) is 29.7 Å². The molecule has 2 aliphatic rings. The Morgan fingerprint density at radius 1 is 1.12 bits per heavy atom. The van der Waals surface area contributed by atoms with Crippen LogP contribution in [-0.4, -0.2) is 46.0 Å². The van der Waals surface area contributed by atoms with E-state index >= 15 is 0 Å². The number of ether oxygens (including phenoxy) is 1. The molecular formula is C24H26FN5O2. The standard InChI is InChI=1S/C24H26FN5O2/c1-15-7-22(25)21(24(31)29-18-4-5-18)9-23(15)30-13-17(11-27-30)16-8-20(12-26-10-16)28-19-3-2-6-32-14-19/h7-13,18-19,28H,2-6,14H2,1H3,(H,29,31)/t19-/m0/s1. The second kappa shape index (κ2) is 8.70. The molecule has 3 heterocycles. The van der Waals surface area contributed by atoms with Gasteiger partial charge in [-0.3, -0.25) is 9.78 Å². The normalized spacial score (nSPS) is 18.4. The van der Waals surface area contributed by atoms with E-state index in [9.17, 15) is 9.18 Å². The van der Waals surface area contributed by atoms with Gasteiger partial charge < -0.3 is 15.4 Å². The summed E-state index contributed by atoms with van der Waals surface area (Å²) in [6, 6.07) is 5.44. The molecule has 3 aromatic rings. The summed E-state index contributed by atoms with van der Waals surface area (Å²) in [5.41, 5.74) is 4.14. The summed E-state index contributed by atoms with van der Waals surface area (Å²) in [6.07, 6.45) is 11.2. The first-order valence-corrected chi connectivity index (χ1v) is 11.0. The van der Waals surface area contributed by atoms with E-state index in [1.807, 2.05) is 12.3 Å². The molecule has 5 rings (SSSR count). The SMILES string of the molecule is Cc1cc(F)c(C(=O)NC2CC2)cc1-n1cc(-c2cncc(N[C@H]3CCCOC3)c2)cn1. The number of rotatable bonds is 6. The van der Waals surface area contributed by atoms with Gasteiger partial charge in [-0.05, 0) is 56.4 Å². The Hall–Kier alpha value is -3.26. The molecule has 1 aliphatic carbocycles. The van der Waals surface area contributed by atoms with Crippen molar-refractivity contribution in [3.05, 3.63) is 59.9 Å². The van der Waals surface area contributed by atoms with E-state index in [1.54, 1.807) is 36.3 Å². The van der Waals surface area contributed by atoms with Crippen LogP contribution >= 0.6 is 0 Å². The monoisotopic (exact) mass is 435 g/mol. The first-order valence-electron chi connectivity index (χ1n) is 11.0. The summed E-state index contributed by atoms with van der Waals surface area (Å²) >= 11 is 0. The Morgan fingerprint density at radius 3 is 2.78 bits per heavy atom. The molecule has 1 saturated heterocycles. The molecule has 7 nitrogen and oxygen atoms in total. The Bertz CT molecular complexity index is 1140. The molecular weight excluding hydrogens is 409 g/mol. The number of benzene rings is 1. The number of nitrogens with zero attached hydrogens (tertiary/aromatic N) is 3. The van der Waals surface area contributed by atoms with Gasteiger partial charge in [-0.15, -0.1) is 0 Å². The third kappa shape index (κ3) is 4.50. The van der Waals surface area contributed by atoms with Crippen molar-refractivity contribution in [1.82, 2.24) is 20.1 Å². The summed E-state index contributed by atoms with van der Waals surface area (Å²) in [6.45, 7) is 3.33. The fourth-order valence-corrected chi connectivity index (χ4v) is 3.94. The predicted molar refractivity (Wildman–Crippen MR) is 119 cm³/mol. The van der Waals surface area contributed by atoms with E-state index in [0.29, 0.717) is 17.9 Å². The van der Waals surface area contributed by atoms with Crippen molar-refractivity contribution in [3.63, 3.8) is 0 Å². The zero-order valence-corrected chi connectivity index (χ0v) is 18.0. The summed E-state index contributed by atoms with van der Waals surface area (Å²) in [4.78, 5) is 16.8. The number of aryl methyl sites for hydroxylation is 1. The number of aromatic nitrogens is 3. The van der Waals surface area contributed by atoms with Crippen molar-refractivity contribution in [2.24, 2.45) is 0 Å². The Labute approximate surface area is 186 Å². The van der Waals surface area contributed by atoms with Crippen molar-refractivity contribution in [2.45, 2.75) is 44.7 Å². The van der Waals surface area contributed by atoms with Gasteiger partial charge in [0.2, 0.25) is 0 Å². The third-order valence-electron chi connectivity index (χ3n) is 5.87. The zero-order chi connectivity index (χ0) is 22.1. The summed E-state index contributed by atoms with van der Waals surface area (Å²) in [5, 5.41) is 10.8. The van der Waals surface area contributed by atoms with Crippen molar-refractivity contribution < 1.29 is 13.9 Å². The number of nitrogens with one attached hydrogen (secondary N) is 2. The maximum Gasteiger partial charge on any atom is 0.254 e. The lowest BCUT2D eigenvalue weighted by molar-refractivity contribution is 0.0876. The quantitative estimate of drug-likeness (QED) is 0.615. The van der Waals surface area contributed by atoms with Crippen LogP contribution in [0.3, 0.4) is 0 Å². The topological polar surface area (TPSA) is 81.1 Å². The number of pyridine rings is 1. The fraction of sp³-hybridized carbons (Fsp3) is 0.375. The van der Waals surface area contributed by atoms with Gasteiger partial charge in [-0.1, -0.05) is 0 Å². The molecule has 1 aromatic carbocycles. The molecule has 1 aliphatic heterocycles. The molecule has 166 valence electrons. The van der Waals surface area contributed by atoms with Crippen LogP contribution in [0.15, 0.2) is 43.0 Å². The molecule has 2 fully saturated rings. The first kappa shape index (κ1) is 20.6. The second-order valence-electron chi connectivity index (χ2n) is 8.56. The molecule has 0 unspecified atom stereocenters. The molecule has 1 saturated carbocycles. The first-order chi connectivity index (χ1) is 15.6. The zero-order valence-electron chi connectivity index (χ0n) is 18.0. The highest BCUT2D eigenvalue weighted by Crippen LogP contribution is 2.26. The van der Waals surface area contributed by atoms with Gasteiger partial charge in [-0.2, -0.15) is 5.10 Å². The lowest BCUT2D eigenvalue weighted by Crippen LogP contribution is -2.29. The minimum atomic E-state index is -0.522. The van der Waals surface area contributed by atoms with Gasteiger partial charge >= 0.3 is 0 Å². The number of hydrogen-bond donors (Lipinski definition) is 2. The van der Waals surface area contributed by atoms with E-state index in [0.717, 1.165) is 49.1 Å². The maximum absolute atomic E-state index is 14.5. The van der Waals surface area contributed by atoms with Crippen molar-refractivity contribution in [2.75, 3.05) is 18.5 Å². The minimum Gasteiger partial charge on any atom is -0.379 e. The van der Waals surface area contributed by atoms with Gasteiger partial charge in [0, 0.05) is 48.4 Å². The lowest BCUT2D eigenvalue weighted by Gasteiger charge is -2.24. The summed E-state index contributed by atoms with van der Waals surface area (Å²) in [5.74, 6) is -0.903. The van der Waals surface area contributed by atoms with Crippen LogP contribution in [0.1, 0.15) is 41.6 Å². The van der Waals surface area contributed by atoms with Crippen LogP contribution < -0.4 is 10.6 Å². The van der Waals surface area contributed by atoms with Crippen molar-refractivity contribution in [3.8, 4) is 16.8 Å². The lowest BCUT2D eigenvalue weighted by atomic mass is 10.1. The summed E-state index contributed by atoms with van der Waals surface area (Å²) in [7, 11) is 0. The molecule has 2 N–H and O–H groups in total. The minimum absolute atomic E-state index is 0.0390. The van der Waals surface area contributed by atoms with E-state index < -0.39 is 5.82 Å². The number of carbonyl (C=O) groups excluding carboxylic acids is 1. The highest BCUT2D eigenvalue weighted by Gasteiger charge is 2.25. The van der Waals surface area contributed by atoms with E-state index in [4.69, 9.17) is 4.74 Å². The largest absolute Gasteiger partial charge is 0.379 e. The molecule has 1 amide bonds. The van der Waals surface area contributed by atoms with Gasteiger partial charge in [0.25, 0.3) is 5.91 Å². The Morgan fingerprint density at radius 2 is 2.00 bits per heavy atom. The van der Waals surface area contributed by atoms with Crippen LogP contribution in [0.5, 0.6) is 0 Å². The predicted octanol–water partition coefficient (Wildman–Crippen LogP) is 3.86. The van der Waals surface area contributed by atoms with Gasteiger partial charge in [0.1, 0.15) is 5.82 Å². The molecule has 32 heavy (non-hydrogen) atoms. The van der Waals surface area contributed by atoms with E-state index in [-0.39, 0.29) is 23.6 Å². The van der Waals surface area contributed by atoms with Crippen LogP contribution in [0, 0.1) is 12.7 Å². The van der Waals surface area contributed by atoms with Crippen LogP contribution in [0.25, 0.3) is 16.8 Å². The molecule has 8 heteroatoms. The van der Waals surface area contributed by atoms with Gasteiger partial charge in [-0.25, -0.2) is 9.07 Å². The van der Waals surface area contributed by atoms with Crippen LogP contribution in [0.4, 0.5) is 10.1 Å². The number of amides is 1. The Balaban J connectivity index is 1.39. The number of anilines is 1. The van der Waals surface area contributed by atoms with Crippen LogP contribution in [-0.2, 0) is 4.74 Å². The van der Waals surface area contributed by atoms with Crippen molar-refractivity contribution in [1.29, 1.82) is 0 Å². The smallest absolute Gasteiger partial charge is 0.254 e. The molecule has 0 radical (unpaired) electrons. The highest BCUT2D eigenvalue weighted by atomic mass is 19.1. The average molecular weight is 436 g/mol. The Kier molecular flexibility index (Phi) is 5.61. The van der Waals surface area contributed by atoms with E-state index in [2.05, 4.69) is 20.7 Å². The van der Waals surface area contributed by atoms with Crippen molar-refractivity contribution >= 4 is 11.6 Å². The summed E-state index contributed by atoms with van der Waals surface area (Å²) < 4.78 is 21.7. The second-order valence-corrected chi connectivity index (χ2v) is 8.56.